The van der Waals surface area contributed by atoms with Gasteiger partial charge in [0.15, 0.2) is 0 Å². The second kappa shape index (κ2) is 9.00. The number of halogens is 4. The number of ether oxygens (including phenoxy) is 1. The molecule has 1 atom stereocenters. The van der Waals surface area contributed by atoms with Gasteiger partial charge in [-0.25, -0.2) is 4.98 Å². The van der Waals surface area contributed by atoms with Crippen LogP contribution in [0.4, 0.5) is 19.0 Å². The molecule has 0 bridgehead atoms. The summed E-state index contributed by atoms with van der Waals surface area (Å²) in [6.45, 7) is 1.69. The number of amides is 1. The molecular formula is C17H17BrF3N3O2. The van der Waals surface area contributed by atoms with Crippen molar-refractivity contribution in [3.05, 3.63) is 52.6 Å². The highest BCUT2D eigenvalue weighted by molar-refractivity contribution is 9.10. The van der Waals surface area contributed by atoms with E-state index in [1.165, 1.54) is 36.5 Å². The van der Waals surface area contributed by atoms with E-state index in [1.807, 2.05) is 0 Å². The minimum absolute atomic E-state index is 0.00415. The summed E-state index contributed by atoms with van der Waals surface area (Å²) in [6, 6.07) is 6.80. The van der Waals surface area contributed by atoms with Gasteiger partial charge >= 0.3 is 6.18 Å². The zero-order valence-corrected chi connectivity index (χ0v) is 15.4. The van der Waals surface area contributed by atoms with E-state index in [1.54, 1.807) is 13.0 Å². The second-order valence-electron chi connectivity index (χ2n) is 5.27. The molecule has 2 rings (SSSR count). The number of carbonyl (C=O) groups is 1. The quantitative estimate of drug-likeness (QED) is 0.693. The minimum Gasteiger partial charge on any atom is -0.494 e. The Hall–Kier alpha value is -2.13. The first-order valence-electron chi connectivity index (χ1n) is 7.74. The average Bonchev–Trinajstić information content (AvgIpc) is 2.58. The van der Waals surface area contributed by atoms with E-state index in [4.69, 9.17) is 4.74 Å². The van der Waals surface area contributed by atoms with Crippen molar-refractivity contribution >= 4 is 27.7 Å². The molecule has 2 N–H and O–H groups in total. The highest BCUT2D eigenvalue weighted by Gasteiger charge is 2.40. The van der Waals surface area contributed by atoms with Gasteiger partial charge in [-0.3, -0.25) is 10.1 Å². The summed E-state index contributed by atoms with van der Waals surface area (Å²) in [4.78, 5) is 15.8. The molecule has 1 amide bonds. The van der Waals surface area contributed by atoms with Crippen molar-refractivity contribution in [1.82, 2.24) is 10.3 Å². The lowest BCUT2D eigenvalue weighted by molar-refractivity contribution is -0.158. The summed E-state index contributed by atoms with van der Waals surface area (Å²) in [6.07, 6.45) is -3.08. The highest BCUT2D eigenvalue weighted by atomic mass is 79.9. The van der Waals surface area contributed by atoms with Gasteiger partial charge in [0, 0.05) is 10.7 Å². The number of alkyl halides is 3. The number of pyridine rings is 1. The number of hydrogen-bond acceptors (Lipinski definition) is 4. The molecule has 26 heavy (non-hydrogen) atoms. The molecule has 0 fully saturated rings. The maximum Gasteiger partial charge on any atom is 0.407 e. The maximum absolute atomic E-state index is 13.3. The maximum atomic E-state index is 13.3. The second-order valence-corrected chi connectivity index (χ2v) is 6.18. The third-order valence-corrected chi connectivity index (χ3v) is 3.78. The molecule has 0 spiro atoms. The van der Waals surface area contributed by atoms with Crippen LogP contribution < -0.4 is 15.4 Å². The number of rotatable bonds is 7. The molecule has 140 valence electrons. The summed E-state index contributed by atoms with van der Waals surface area (Å²) in [5.41, 5.74) is -0.00415. The van der Waals surface area contributed by atoms with Gasteiger partial charge in [0.2, 0.25) is 5.91 Å². The van der Waals surface area contributed by atoms with Crippen LogP contribution in [-0.2, 0) is 4.79 Å². The third kappa shape index (κ3) is 5.99. The van der Waals surface area contributed by atoms with Gasteiger partial charge in [-0.15, -0.1) is 0 Å². The van der Waals surface area contributed by atoms with Gasteiger partial charge in [0.25, 0.3) is 0 Å². The van der Waals surface area contributed by atoms with E-state index in [9.17, 15) is 18.0 Å². The third-order valence-electron chi connectivity index (χ3n) is 3.31. The van der Waals surface area contributed by atoms with Crippen molar-refractivity contribution in [3.63, 3.8) is 0 Å². The molecule has 1 aromatic heterocycles. The Morgan fingerprint density at radius 1 is 1.23 bits per heavy atom. The Kier molecular flexibility index (Phi) is 6.98. The smallest absolute Gasteiger partial charge is 0.407 e. The first-order valence-corrected chi connectivity index (χ1v) is 8.53. The van der Waals surface area contributed by atoms with E-state index in [0.717, 1.165) is 4.47 Å². The van der Waals surface area contributed by atoms with Gasteiger partial charge in [-0.05, 0) is 52.7 Å². The monoisotopic (exact) mass is 431 g/mol. The summed E-state index contributed by atoms with van der Waals surface area (Å²) in [5.74, 6) is 0.112. The molecule has 1 heterocycles. The number of nitrogens with one attached hydrogen (secondary N) is 2. The van der Waals surface area contributed by atoms with Crippen molar-refractivity contribution in [2.75, 3.05) is 18.5 Å². The minimum atomic E-state index is -4.55. The summed E-state index contributed by atoms with van der Waals surface area (Å²) in [5, 5.41) is 4.68. The molecule has 5 nitrogen and oxygen atoms in total. The molecule has 0 aliphatic rings. The zero-order valence-electron chi connectivity index (χ0n) is 13.8. The van der Waals surface area contributed by atoms with Gasteiger partial charge in [-0.1, -0.05) is 12.1 Å². The van der Waals surface area contributed by atoms with Crippen LogP contribution in [0.3, 0.4) is 0 Å². The Morgan fingerprint density at radius 2 is 1.92 bits per heavy atom. The van der Waals surface area contributed by atoms with Crippen molar-refractivity contribution in [1.29, 1.82) is 0 Å². The lowest BCUT2D eigenvalue weighted by Crippen LogP contribution is -2.38. The fraction of sp³-hybridized carbons (Fsp3) is 0.294. The van der Waals surface area contributed by atoms with E-state index < -0.39 is 24.7 Å². The van der Waals surface area contributed by atoms with Crippen LogP contribution in [0.5, 0.6) is 5.75 Å². The van der Waals surface area contributed by atoms with Crippen LogP contribution in [0.1, 0.15) is 18.5 Å². The van der Waals surface area contributed by atoms with Crippen molar-refractivity contribution in [2.45, 2.75) is 19.1 Å². The van der Waals surface area contributed by atoms with Crippen LogP contribution in [0.25, 0.3) is 0 Å². The van der Waals surface area contributed by atoms with Crippen LogP contribution in [0, 0.1) is 0 Å². The van der Waals surface area contributed by atoms with E-state index in [0.29, 0.717) is 12.4 Å². The molecule has 0 saturated heterocycles. The number of carbonyl (C=O) groups excluding carboxylic acids is 1. The van der Waals surface area contributed by atoms with Crippen LogP contribution >= 0.6 is 15.9 Å². The van der Waals surface area contributed by atoms with Crippen LogP contribution in [0.15, 0.2) is 47.1 Å². The van der Waals surface area contributed by atoms with Gasteiger partial charge in [-0.2, -0.15) is 13.2 Å². The number of benzene rings is 1. The van der Waals surface area contributed by atoms with Crippen molar-refractivity contribution in [2.24, 2.45) is 0 Å². The number of nitrogens with zero attached hydrogens (tertiary/aromatic N) is 1. The summed E-state index contributed by atoms with van der Waals surface area (Å²) in [7, 11) is 0. The molecule has 0 saturated carbocycles. The van der Waals surface area contributed by atoms with E-state index >= 15 is 0 Å². The SMILES string of the molecule is CCOc1ccc(C(NCC(=O)Nc2ccc(Br)cn2)C(F)(F)F)cc1. The number of hydrogen-bond donors (Lipinski definition) is 2. The summed E-state index contributed by atoms with van der Waals surface area (Å²) >= 11 is 3.20. The lowest BCUT2D eigenvalue weighted by atomic mass is 10.1. The largest absolute Gasteiger partial charge is 0.494 e. The predicted octanol–water partition coefficient (Wildman–Crippen LogP) is 4.07. The topological polar surface area (TPSA) is 63.2 Å². The molecule has 0 aliphatic carbocycles. The fourth-order valence-corrected chi connectivity index (χ4v) is 2.41. The normalized spacial score (nSPS) is 12.5. The van der Waals surface area contributed by atoms with Gasteiger partial charge in [0.1, 0.15) is 17.6 Å². The first kappa shape index (κ1) is 20.2. The first-order chi connectivity index (χ1) is 12.3. The summed E-state index contributed by atoms with van der Waals surface area (Å²) < 4.78 is 45.9. The van der Waals surface area contributed by atoms with Crippen LogP contribution in [0.2, 0.25) is 0 Å². The molecular weight excluding hydrogens is 415 g/mol. The van der Waals surface area contributed by atoms with Gasteiger partial charge < -0.3 is 10.1 Å². The number of anilines is 1. The Labute approximate surface area is 157 Å². The molecule has 1 aromatic carbocycles. The Bertz CT molecular complexity index is 722. The van der Waals surface area contributed by atoms with Crippen LogP contribution in [-0.4, -0.2) is 30.2 Å². The van der Waals surface area contributed by atoms with Crippen molar-refractivity contribution < 1.29 is 22.7 Å². The average molecular weight is 432 g/mol. The predicted molar refractivity (Wildman–Crippen MR) is 95.0 cm³/mol. The fourth-order valence-electron chi connectivity index (χ4n) is 2.18. The molecule has 0 radical (unpaired) electrons. The van der Waals surface area contributed by atoms with Gasteiger partial charge in [0.05, 0.1) is 13.2 Å². The van der Waals surface area contributed by atoms with E-state index in [-0.39, 0.29) is 11.4 Å². The lowest BCUT2D eigenvalue weighted by Gasteiger charge is -2.22. The Balaban J connectivity index is 2.01. The molecule has 2 aromatic rings. The molecule has 1 unspecified atom stereocenters. The van der Waals surface area contributed by atoms with Crippen molar-refractivity contribution in [3.8, 4) is 5.75 Å². The Morgan fingerprint density at radius 3 is 2.46 bits per heavy atom. The molecule has 0 aliphatic heterocycles. The zero-order chi connectivity index (χ0) is 19.2. The standard InChI is InChI=1S/C17H17BrF3N3O2/c1-2-26-13-6-3-11(4-7-13)16(17(19,20)21)23-10-15(25)24-14-8-5-12(18)9-22-14/h3-9,16,23H,2,10H2,1H3,(H,22,24,25). The number of aromatic nitrogens is 1. The highest BCUT2D eigenvalue weighted by Crippen LogP contribution is 2.33. The molecule has 9 heteroatoms. The van der Waals surface area contributed by atoms with E-state index in [2.05, 4.69) is 31.5 Å².